The fourth-order valence-electron chi connectivity index (χ4n) is 2.27. The van der Waals surface area contributed by atoms with Crippen LogP contribution in [0.2, 0.25) is 0 Å². The molecule has 0 bridgehead atoms. The third kappa shape index (κ3) is 3.93. The molecule has 3 aromatic rings. The molecular weight excluding hydrogens is 333 g/mol. The Morgan fingerprint density at radius 3 is 2.60 bits per heavy atom. The van der Waals surface area contributed by atoms with E-state index in [4.69, 9.17) is 0 Å². The van der Waals surface area contributed by atoms with E-state index in [2.05, 4.69) is 42.4 Å². The molecule has 0 aliphatic heterocycles. The van der Waals surface area contributed by atoms with Gasteiger partial charge >= 0.3 is 0 Å². The molecule has 5 heteroatoms. The number of rotatable bonds is 4. The average molecular weight is 349 g/mol. The molecule has 2 aromatic carbocycles. The minimum Gasteiger partial charge on any atom is -0.360 e. The number of aryl methyl sites for hydroxylation is 2. The third-order valence-corrected chi connectivity index (χ3v) is 4.76. The van der Waals surface area contributed by atoms with Crippen LogP contribution in [-0.4, -0.2) is 4.98 Å². The minimum absolute atomic E-state index is 0.298. The van der Waals surface area contributed by atoms with Crippen molar-refractivity contribution < 1.29 is 4.39 Å². The molecule has 0 aliphatic rings. The Morgan fingerprint density at radius 2 is 1.92 bits per heavy atom. The van der Waals surface area contributed by atoms with Crippen LogP contribution >= 0.6 is 11.3 Å². The van der Waals surface area contributed by atoms with E-state index in [-0.39, 0.29) is 5.82 Å². The Balaban J connectivity index is 1.83. The van der Waals surface area contributed by atoms with Crippen LogP contribution in [0.3, 0.4) is 0 Å². The van der Waals surface area contributed by atoms with Crippen LogP contribution in [0.15, 0.2) is 54.0 Å². The molecule has 0 fully saturated rings. The molecule has 3 rings (SSSR count). The summed E-state index contributed by atoms with van der Waals surface area (Å²) in [6.45, 7) is 4.14. The Kier molecular flexibility index (Phi) is 4.92. The second kappa shape index (κ2) is 7.29. The molecule has 0 amide bonds. The van der Waals surface area contributed by atoms with Gasteiger partial charge in [0, 0.05) is 22.8 Å². The standard InChI is InChI=1S/C20H16FN3S/c1-13-3-4-15(9-14(13)2)19-12-25-20(24-19)16(10-22)11-23-18-7-5-17(21)6-8-18/h3-9,11-12,23H,1-2H3/b16-11-. The summed E-state index contributed by atoms with van der Waals surface area (Å²) >= 11 is 1.42. The molecule has 124 valence electrons. The fraction of sp³-hybridized carbons (Fsp3) is 0.100. The number of aromatic nitrogens is 1. The van der Waals surface area contributed by atoms with Gasteiger partial charge in [-0.1, -0.05) is 12.1 Å². The van der Waals surface area contributed by atoms with Crippen LogP contribution < -0.4 is 5.32 Å². The van der Waals surface area contributed by atoms with E-state index in [1.54, 1.807) is 18.3 Å². The lowest BCUT2D eigenvalue weighted by Gasteiger charge is -2.02. The van der Waals surface area contributed by atoms with Crippen molar-refractivity contribution >= 4 is 22.6 Å². The molecule has 0 spiro atoms. The van der Waals surface area contributed by atoms with Crippen LogP contribution in [0, 0.1) is 31.0 Å². The molecule has 1 aromatic heterocycles. The first kappa shape index (κ1) is 16.9. The molecule has 0 radical (unpaired) electrons. The quantitative estimate of drug-likeness (QED) is 0.629. The van der Waals surface area contributed by atoms with Gasteiger partial charge in [-0.3, -0.25) is 0 Å². The van der Waals surface area contributed by atoms with Crippen molar-refractivity contribution in [2.45, 2.75) is 13.8 Å². The van der Waals surface area contributed by atoms with Crippen molar-refractivity contribution in [2.75, 3.05) is 5.32 Å². The highest BCUT2D eigenvalue weighted by Gasteiger charge is 2.09. The van der Waals surface area contributed by atoms with E-state index >= 15 is 0 Å². The molecular formula is C20H16FN3S. The number of anilines is 1. The first-order chi connectivity index (χ1) is 12.1. The zero-order chi connectivity index (χ0) is 17.8. The zero-order valence-corrected chi connectivity index (χ0v) is 14.7. The first-order valence-electron chi connectivity index (χ1n) is 7.73. The lowest BCUT2D eigenvalue weighted by molar-refractivity contribution is 0.628. The van der Waals surface area contributed by atoms with Crippen molar-refractivity contribution in [3.63, 3.8) is 0 Å². The average Bonchev–Trinajstić information content (AvgIpc) is 3.09. The topological polar surface area (TPSA) is 48.7 Å². The minimum atomic E-state index is -0.298. The monoisotopic (exact) mass is 349 g/mol. The van der Waals surface area contributed by atoms with Crippen molar-refractivity contribution in [3.05, 3.63) is 76.0 Å². The lowest BCUT2D eigenvalue weighted by atomic mass is 10.1. The van der Waals surface area contributed by atoms with Crippen molar-refractivity contribution in [1.29, 1.82) is 5.26 Å². The highest BCUT2D eigenvalue weighted by Crippen LogP contribution is 2.27. The van der Waals surface area contributed by atoms with Crippen molar-refractivity contribution in [1.82, 2.24) is 4.98 Å². The predicted molar refractivity (Wildman–Crippen MR) is 101 cm³/mol. The van der Waals surface area contributed by atoms with E-state index < -0.39 is 0 Å². The molecule has 1 heterocycles. The molecule has 0 unspecified atom stereocenters. The number of halogens is 1. The Hall–Kier alpha value is -2.97. The summed E-state index contributed by atoms with van der Waals surface area (Å²) in [5, 5.41) is 15.0. The number of nitrogens with zero attached hydrogens (tertiary/aromatic N) is 2. The zero-order valence-electron chi connectivity index (χ0n) is 13.9. The number of allylic oxidation sites excluding steroid dienone is 1. The Morgan fingerprint density at radius 1 is 1.16 bits per heavy atom. The van der Waals surface area contributed by atoms with Gasteiger partial charge in [0.25, 0.3) is 0 Å². The molecule has 0 saturated carbocycles. The van der Waals surface area contributed by atoms with Gasteiger partial charge in [-0.05, 0) is 55.3 Å². The van der Waals surface area contributed by atoms with Crippen molar-refractivity contribution in [3.8, 4) is 17.3 Å². The van der Waals surface area contributed by atoms with Gasteiger partial charge in [-0.2, -0.15) is 5.26 Å². The number of thiazole rings is 1. The molecule has 0 aliphatic carbocycles. The fourth-order valence-corrected chi connectivity index (χ4v) is 3.07. The van der Waals surface area contributed by atoms with Crippen LogP contribution in [0.4, 0.5) is 10.1 Å². The largest absolute Gasteiger partial charge is 0.360 e. The first-order valence-corrected chi connectivity index (χ1v) is 8.60. The Bertz CT molecular complexity index is 965. The summed E-state index contributed by atoms with van der Waals surface area (Å²) < 4.78 is 12.9. The SMILES string of the molecule is Cc1ccc(-c2csc(/C(C#N)=C\Nc3ccc(F)cc3)n2)cc1C. The van der Waals surface area contributed by atoms with Gasteiger partial charge in [0.2, 0.25) is 0 Å². The number of nitrogens with one attached hydrogen (secondary N) is 1. The van der Waals surface area contributed by atoms with Crippen LogP contribution in [0.5, 0.6) is 0 Å². The molecule has 3 nitrogen and oxygen atoms in total. The van der Waals surface area contributed by atoms with Gasteiger partial charge in [-0.25, -0.2) is 9.37 Å². The van der Waals surface area contributed by atoms with E-state index in [1.807, 2.05) is 11.4 Å². The number of nitriles is 1. The van der Waals surface area contributed by atoms with Crippen LogP contribution in [0.1, 0.15) is 16.1 Å². The van der Waals surface area contributed by atoms with E-state index in [9.17, 15) is 9.65 Å². The second-order valence-corrected chi connectivity index (χ2v) is 6.52. The van der Waals surface area contributed by atoms with Gasteiger partial charge < -0.3 is 5.32 Å². The number of hydrogen-bond donors (Lipinski definition) is 1. The molecule has 25 heavy (non-hydrogen) atoms. The third-order valence-electron chi connectivity index (χ3n) is 3.89. The van der Waals surface area contributed by atoms with E-state index in [1.165, 1.54) is 34.6 Å². The highest BCUT2D eigenvalue weighted by atomic mass is 32.1. The summed E-state index contributed by atoms with van der Waals surface area (Å²) in [4.78, 5) is 4.58. The van der Waals surface area contributed by atoms with E-state index in [0.717, 1.165) is 11.3 Å². The summed E-state index contributed by atoms with van der Waals surface area (Å²) in [7, 11) is 0. The number of benzene rings is 2. The normalized spacial score (nSPS) is 11.2. The summed E-state index contributed by atoms with van der Waals surface area (Å²) in [5.74, 6) is -0.298. The van der Waals surface area contributed by atoms with Gasteiger partial charge in [-0.15, -0.1) is 11.3 Å². The summed E-state index contributed by atoms with van der Waals surface area (Å²) in [6.07, 6.45) is 1.59. The van der Waals surface area contributed by atoms with Crippen LogP contribution in [0.25, 0.3) is 16.8 Å². The van der Waals surface area contributed by atoms with Crippen LogP contribution in [-0.2, 0) is 0 Å². The maximum Gasteiger partial charge on any atom is 0.136 e. The predicted octanol–water partition coefficient (Wildman–Crippen LogP) is 5.54. The van der Waals surface area contributed by atoms with Gasteiger partial charge in [0.05, 0.1) is 5.69 Å². The summed E-state index contributed by atoms with van der Waals surface area (Å²) in [5.41, 5.74) is 5.48. The van der Waals surface area contributed by atoms with Crippen molar-refractivity contribution in [2.24, 2.45) is 0 Å². The second-order valence-electron chi connectivity index (χ2n) is 5.66. The van der Waals surface area contributed by atoms with Gasteiger partial charge in [0.15, 0.2) is 0 Å². The molecule has 0 saturated heterocycles. The summed E-state index contributed by atoms with van der Waals surface area (Å²) in [6, 6.07) is 14.3. The number of hydrogen-bond acceptors (Lipinski definition) is 4. The van der Waals surface area contributed by atoms with E-state index in [0.29, 0.717) is 16.3 Å². The maximum atomic E-state index is 12.9. The molecule has 1 N–H and O–H groups in total. The lowest BCUT2D eigenvalue weighted by Crippen LogP contribution is -1.91. The maximum absolute atomic E-state index is 12.9. The smallest absolute Gasteiger partial charge is 0.136 e. The highest BCUT2D eigenvalue weighted by molar-refractivity contribution is 7.11. The Labute approximate surface area is 150 Å². The van der Waals surface area contributed by atoms with Gasteiger partial charge in [0.1, 0.15) is 22.5 Å². The molecule has 0 atom stereocenters.